The molecular formula is C26H23FN6O5. The number of aromatic nitrogens is 5. The van der Waals surface area contributed by atoms with E-state index in [4.69, 9.17) is 18.5 Å². The Morgan fingerprint density at radius 2 is 1.95 bits per heavy atom. The van der Waals surface area contributed by atoms with E-state index in [0.717, 1.165) is 5.56 Å². The molecule has 194 valence electrons. The lowest BCUT2D eigenvalue weighted by Crippen LogP contribution is -2.48. The molecule has 0 aliphatic carbocycles. The number of likely N-dealkylation sites (tertiary alicyclic amines) is 1. The van der Waals surface area contributed by atoms with Gasteiger partial charge in [-0.05, 0) is 25.1 Å². The molecule has 6 rings (SSSR count). The summed E-state index contributed by atoms with van der Waals surface area (Å²) in [6, 6.07) is 11.7. The summed E-state index contributed by atoms with van der Waals surface area (Å²) in [6.45, 7) is 3.42. The van der Waals surface area contributed by atoms with Crippen molar-refractivity contribution in [2.45, 2.75) is 12.8 Å². The van der Waals surface area contributed by atoms with Crippen molar-refractivity contribution in [2.24, 2.45) is 0 Å². The number of hydrogen-bond donors (Lipinski definition) is 1. The number of nitrogens with one attached hydrogen (secondary N) is 1. The maximum absolute atomic E-state index is 14.6. The Bertz CT molecular complexity index is 1600. The van der Waals surface area contributed by atoms with Crippen LogP contribution >= 0.6 is 0 Å². The van der Waals surface area contributed by atoms with Crippen molar-refractivity contribution in [1.29, 1.82) is 0 Å². The van der Waals surface area contributed by atoms with Gasteiger partial charge in [0.1, 0.15) is 18.0 Å². The first-order valence-corrected chi connectivity index (χ1v) is 12.0. The van der Waals surface area contributed by atoms with Crippen molar-refractivity contribution < 1.29 is 27.7 Å². The molecule has 0 radical (unpaired) electrons. The Kier molecular flexibility index (Phi) is 6.08. The zero-order valence-electron chi connectivity index (χ0n) is 20.6. The molecule has 3 aromatic heterocycles. The van der Waals surface area contributed by atoms with Crippen LogP contribution in [0.5, 0.6) is 5.75 Å². The van der Waals surface area contributed by atoms with E-state index in [1.807, 2.05) is 0 Å². The minimum absolute atomic E-state index is 0.0642. The zero-order valence-corrected chi connectivity index (χ0v) is 20.6. The first-order chi connectivity index (χ1) is 18.5. The average Bonchev–Trinajstić information content (AvgIpc) is 3.63. The third-order valence-corrected chi connectivity index (χ3v) is 6.39. The molecule has 0 saturated carbocycles. The first-order valence-electron chi connectivity index (χ1n) is 12.0. The van der Waals surface area contributed by atoms with Crippen molar-refractivity contribution in [1.82, 2.24) is 30.4 Å². The molecule has 0 atom stereocenters. The number of halogens is 1. The Morgan fingerprint density at radius 3 is 2.68 bits per heavy atom. The molecule has 0 spiro atoms. The van der Waals surface area contributed by atoms with Crippen LogP contribution in [0, 0.1) is 12.7 Å². The lowest BCUT2D eigenvalue weighted by Gasteiger charge is -2.37. The number of ether oxygens (including phenoxy) is 2. The number of rotatable bonds is 8. The van der Waals surface area contributed by atoms with E-state index in [-0.39, 0.29) is 24.2 Å². The minimum atomic E-state index is -0.517. The Labute approximate surface area is 215 Å². The van der Waals surface area contributed by atoms with E-state index in [1.165, 1.54) is 6.07 Å². The second-order valence-corrected chi connectivity index (χ2v) is 8.98. The highest BCUT2D eigenvalue weighted by molar-refractivity contribution is 5.95. The number of aryl methyl sites for hydroxylation is 1. The predicted molar refractivity (Wildman–Crippen MR) is 132 cm³/mol. The normalized spacial score (nSPS) is 13.7. The molecule has 1 aliphatic heterocycles. The van der Waals surface area contributed by atoms with Crippen LogP contribution in [0.15, 0.2) is 51.5 Å². The first kappa shape index (κ1) is 23.8. The molecule has 38 heavy (non-hydrogen) atoms. The van der Waals surface area contributed by atoms with Crippen LogP contribution in [0.25, 0.3) is 33.6 Å². The van der Waals surface area contributed by atoms with Gasteiger partial charge >= 0.3 is 0 Å². The van der Waals surface area contributed by atoms with Gasteiger partial charge in [0.2, 0.25) is 5.89 Å². The topological polar surface area (TPSA) is 132 Å². The number of nitrogens with zero attached hydrogens (tertiary/aromatic N) is 5. The predicted octanol–water partition coefficient (Wildman–Crippen LogP) is 3.98. The van der Waals surface area contributed by atoms with Gasteiger partial charge in [-0.3, -0.25) is 9.89 Å². The Morgan fingerprint density at radius 1 is 1.13 bits per heavy atom. The summed E-state index contributed by atoms with van der Waals surface area (Å²) in [5.41, 5.74) is 2.91. The molecule has 12 heteroatoms. The monoisotopic (exact) mass is 518 g/mol. The fourth-order valence-electron chi connectivity index (χ4n) is 4.32. The summed E-state index contributed by atoms with van der Waals surface area (Å²) in [5, 5.41) is 15.6. The fourth-order valence-corrected chi connectivity index (χ4v) is 4.32. The molecule has 11 nitrogen and oxygen atoms in total. The van der Waals surface area contributed by atoms with E-state index in [9.17, 15) is 9.18 Å². The van der Waals surface area contributed by atoms with Crippen LogP contribution in [-0.4, -0.2) is 69.7 Å². The van der Waals surface area contributed by atoms with Gasteiger partial charge in [0, 0.05) is 48.8 Å². The van der Waals surface area contributed by atoms with E-state index in [1.54, 1.807) is 55.3 Å². The number of methoxy groups -OCH3 is 1. The van der Waals surface area contributed by atoms with Crippen molar-refractivity contribution in [2.75, 3.05) is 33.4 Å². The van der Waals surface area contributed by atoms with Gasteiger partial charge in [-0.25, -0.2) is 4.39 Å². The molecule has 1 fully saturated rings. The molecule has 5 aromatic rings. The summed E-state index contributed by atoms with van der Waals surface area (Å²) in [6.07, 6.45) is 0. The van der Waals surface area contributed by atoms with Gasteiger partial charge in [-0.15, -0.1) is 0 Å². The molecular weight excluding hydrogens is 495 g/mol. The minimum Gasteiger partial charge on any atom is -0.488 e. The Balaban J connectivity index is 1.15. The molecule has 1 N–H and O–H groups in total. The third-order valence-electron chi connectivity index (χ3n) is 6.39. The summed E-state index contributed by atoms with van der Waals surface area (Å²) < 4.78 is 35.7. The van der Waals surface area contributed by atoms with Crippen LogP contribution in [0.3, 0.4) is 0 Å². The molecule has 2 aromatic carbocycles. The van der Waals surface area contributed by atoms with Crippen LogP contribution < -0.4 is 4.74 Å². The lowest BCUT2D eigenvalue weighted by molar-refractivity contribution is 0.0569. The molecule has 0 unspecified atom stereocenters. The van der Waals surface area contributed by atoms with Gasteiger partial charge in [0.05, 0.1) is 18.0 Å². The molecule has 4 heterocycles. The number of carbonyl (C=O) groups is 1. The van der Waals surface area contributed by atoms with Crippen LogP contribution in [-0.2, 0) is 4.74 Å². The standard InChI is InChI=1S/C26H23FN6O5/c1-14-28-25(38-31-14)17-12-33(13-17)26(34)16-5-3-15(4-6-16)20-10-23(37-32-20)24-18-9-19(27)22(36-8-7-35-2)11-21(18)29-30-24/h3-6,9-11,17H,7-8,12-13H2,1-2H3,(H,29,30). The summed E-state index contributed by atoms with van der Waals surface area (Å²) in [5.74, 6) is 1.11. The number of fused-ring (bicyclic) bond motifs is 1. The average molecular weight is 519 g/mol. The smallest absolute Gasteiger partial charge is 0.253 e. The van der Waals surface area contributed by atoms with Crippen molar-refractivity contribution in [3.8, 4) is 28.5 Å². The van der Waals surface area contributed by atoms with Gasteiger partial charge in [-0.2, -0.15) is 10.1 Å². The largest absolute Gasteiger partial charge is 0.488 e. The third kappa shape index (κ3) is 4.39. The maximum atomic E-state index is 14.6. The van der Waals surface area contributed by atoms with Crippen LogP contribution in [0.4, 0.5) is 4.39 Å². The number of H-pyrrole nitrogens is 1. The highest BCUT2D eigenvalue weighted by Crippen LogP contribution is 2.33. The van der Waals surface area contributed by atoms with Gasteiger partial charge in [0.25, 0.3) is 5.91 Å². The highest BCUT2D eigenvalue weighted by atomic mass is 19.1. The van der Waals surface area contributed by atoms with Crippen molar-refractivity contribution in [3.63, 3.8) is 0 Å². The van der Waals surface area contributed by atoms with E-state index in [2.05, 4.69) is 25.5 Å². The summed E-state index contributed by atoms with van der Waals surface area (Å²) in [7, 11) is 1.55. The highest BCUT2D eigenvalue weighted by Gasteiger charge is 2.35. The Hall–Kier alpha value is -4.58. The van der Waals surface area contributed by atoms with E-state index in [0.29, 0.717) is 65.0 Å². The second kappa shape index (κ2) is 9.71. The maximum Gasteiger partial charge on any atom is 0.253 e. The lowest BCUT2D eigenvalue weighted by atomic mass is 9.98. The molecule has 1 saturated heterocycles. The summed E-state index contributed by atoms with van der Waals surface area (Å²) >= 11 is 0. The SMILES string of the molecule is COCCOc1cc2[nH]nc(-c3cc(-c4ccc(C(=O)N5CC(c6nc(C)no6)C5)cc4)no3)c2cc1F. The number of amides is 1. The van der Waals surface area contributed by atoms with Crippen molar-refractivity contribution in [3.05, 3.63) is 65.6 Å². The van der Waals surface area contributed by atoms with Gasteiger partial charge < -0.3 is 23.4 Å². The quantitative estimate of drug-likeness (QED) is 0.303. The number of carbonyl (C=O) groups excluding carboxylic acids is 1. The van der Waals surface area contributed by atoms with Gasteiger partial charge in [-0.1, -0.05) is 22.4 Å². The van der Waals surface area contributed by atoms with E-state index < -0.39 is 5.82 Å². The molecule has 1 amide bonds. The van der Waals surface area contributed by atoms with Crippen LogP contribution in [0.1, 0.15) is 28.0 Å². The van der Waals surface area contributed by atoms with Crippen molar-refractivity contribution >= 4 is 16.8 Å². The number of benzene rings is 2. The molecule has 0 bridgehead atoms. The van der Waals surface area contributed by atoms with Crippen LogP contribution in [0.2, 0.25) is 0 Å². The fraction of sp³-hybridized carbons (Fsp3) is 0.269. The van der Waals surface area contributed by atoms with Gasteiger partial charge in [0.15, 0.2) is 23.2 Å². The number of aromatic amines is 1. The zero-order chi connectivity index (χ0) is 26.2. The number of hydrogen-bond acceptors (Lipinski definition) is 9. The summed E-state index contributed by atoms with van der Waals surface area (Å²) in [4.78, 5) is 18.8. The molecule has 1 aliphatic rings. The second-order valence-electron chi connectivity index (χ2n) is 8.98. The van der Waals surface area contributed by atoms with E-state index >= 15 is 0 Å².